The first-order valence-corrected chi connectivity index (χ1v) is 6.73. The highest BCUT2D eigenvalue weighted by Gasteiger charge is 2.46. The van der Waals surface area contributed by atoms with E-state index in [2.05, 4.69) is 5.32 Å². The number of methoxy groups -OCH3 is 1. The van der Waals surface area contributed by atoms with Gasteiger partial charge in [0.15, 0.2) is 0 Å². The lowest BCUT2D eigenvalue weighted by atomic mass is 10.0. The summed E-state index contributed by atoms with van der Waals surface area (Å²) >= 11 is 1.34. The number of nitrogens with zero attached hydrogens (tertiary/aromatic N) is 1. The van der Waals surface area contributed by atoms with E-state index in [1.165, 1.54) is 18.9 Å². The molecular weight excluding hydrogens is 266 g/mol. The summed E-state index contributed by atoms with van der Waals surface area (Å²) in [6, 6.07) is 8.51. The molecule has 102 valence electrons. The predicted octanol–water partition coefficient (Wildman–Crippen LogP) is 0.174. The maximum absolute atomic E-state index is 12.5. The van der Waals surface area contributed by atoms with Crippen LogP contribution in [0.5, 0.6) is 0 Å². The molecule has 1 amide bonds. The lowest BCUT2D eigenvalue weighted by molar-refractivity contribution is -0.599. The van der Waals surface area contributed by atoms with Crippen molar-refractivity contribution in [2.24, 2.45) is 5.73 Å². The van der Waals surface area contributed by atoms with Crippen LogP contribution in [0.4, 0.5) is 0 Å². The second-order valence-electron chi connectivity index (χ2n) is 3.95. The molecule has 7 heteroatoms. The van der Waals surface area contributed by atoms with Crippen LogP contribution in [0.2, 0.25) is 0 Å². The van der Waals surface area contributed by atoms with Gasteiger partial charge in [-0.05, 0) is 11.8 Å². The molecule has 1 saturated heterocycles. The molecule has 2 rings (SSSR count). The molecule has 1 fully saturated rings. The first-order valence-electron chi connectivity index (χ1n) is 5.74. The highest BCUT2D eigenvalue weighted by Crippen LogP contribution is 2.27. The van der Waals surface area contributed by atoms with Crippen molar-refractivity contribution in [3.63, 3.8) is 0 Å². The van der Waals surface area contributed by atoms with Crippen molar-refractivity contribution in [1.29, 1.82) is 0 Å². The summed E-state index contributed by atoms with van der Waals surface area (Å²) in [7, 11) is 1.29. The molecule has 0 saturated carbocycles. The number of nitrogens with two attached hydrogens (primary N) is 1. The zero-order valence-corrected chi connectivity index (χ0v) is 11.3. The first kappa shape index (κ1) is 13.7. The van der Waals surface area contributed by atoms with Gasteiger partial charge in [0, 0.05) is 18.4 Å². The van der Waals surface area contributed by atoms with E-state index in [-0.39, 0.29) is 0 Å². The van der Waals surface area contributed by atoms with E-state index in [1.807, 2.05) is 0 Å². The number of amides is 1. The van der Waals surface area contributed by atoms with Crippen LogP contribution in [-0.4, -0.2) is 35.2 Å². The molecule has 0 aliphatic carbocycles. The Bertz CT molecular complexity index is 498. The first-order chi connectivity index (χ1) is 9.13. The van der Waals surface area contributed by atoms with Crippen LogP contribution in [0.15, 0.2) is 30.3 Å². The number of thioether (sulfide) groups is 1. The molecule has 1 unspecified atom stereocenters. The Morgan fingerprint density at radius 3 is 2.68 bits per heavy atom. The van der Waals surface area contributed by atoms with Crippen molar-refractivity contribution < 1.29 is 14.3 Å². The number of ether oxygens (including phenoxy) is 1. The topological polar surface area (TPSA) is 90.4 Å². The van der Waals surface area contributed by atoms with Gasteiger partial charge in [-0.1, -0.05) is 30.3 Å². The van der Waals surface area contributed by atoms with Crippen molar-refractivity contribution in [2.75, 3.05) is 19.4 Å². The molecule has 0 radical (unpaired) electrons. The Morgan fingerprint density at radius 1 is 1.53 bits per heavy atom. The molecule has 1 aromatic carbocycles. The summed E-state index contributed by atoms with van der Waals surface area (Å²) in [5.41, 5.74) is 3.98. The SMILES string of the molecule is COC(C(N)=O)(c1ccccc1)/[N+]([O-])=C1/NCCS1. The van der Waals surface area contributed by atoms with Crippen molar-refractivity contribution in [3.05, 3.63) is 41.1 Å². The predicted molar refractivity (Wildman–Crippen MR) is 73.4 cm³/mol. The number of nitrogens with one attached hydrogen (secondary N) is 1. The Morgan fingerprint density at radius 2 is 2.21 bits per heavy atom. The second-order valence-corrected chi connectivity index (χ2v) is 5.04. The Balaban J connectivity index is 2.58. The van der Waals surface area contributed by atoms with Gasteiger partial charge >= 0.3 is 10.9 Å². The number of primary amides is 1. The number of hydrogen-bond donors (Lipinski definition) is 2. The smallest absolute Gasteiger partial charge is 0.318 e. The van der Waals surface area contributed by atoms with Gasteiger partial charge in [0.05, 0.1) is 6.54 Å². The summed E-state index contributed by atoms with van der Waals surface area (Å²) in [5.74, 6) is -0.0838. The van der Waals surface area contributed by atoms with Gasteiger partial charge in [-0.15, -0.1) is 0 Å². The van der Waals surface area contributed by atoms with Gasteiger partial charge in [-0.25, -0.2) is 4.74 Å². The minimum atomic E-state index is -1.85. The van der Waals surface area contributed by atoms with Crippen LogP contribution in [-0.2, 0) is 15.3 Å². The van der Waals surface area contributed by atoms with Crippen LogP contribution in [0, 0.1) is 5.21 Å². The molecule has 1 atom stereocenters. The molecular formula is C12H15N3O3S. The highest BCUT2D eigenvalue weighted by molar-refractivity contribution is 8.13. The molecule has 1 aliphatic heterocycles. The van der Waals surface area contributed by atoms with E-state index in [1.54, 1.807) is 30.3 Å². The maximum atomic E-state index is 12.5. The normalized spacial score (nSPS) is 20.5. The molecule has 0 bridgehead atoms. The fourth-order valence-corrected chi connectivity index (χ4v) is 2.80. The van der Waals surface area contributed by atoms with E-state index in [4.69, 9.17) is 10.5 Å². The van der Waals surface area contributed by atoms with Gasteiger partial charge < -0.3 is 15.7 Å². The third-order valence-corrected chi connectivity index (χ3v) is 3.87. The maximum Gasteiger partial charge on any atom is 0.318 e. The summed E-state index contributed by atoms with van der Waals surface area (Å²) < 4.78 is 5.74. The van der Waals surface area contributed by atoms with Gasteiger partial charge in [-0.3, -0.25) is 10.1 Å². The van der Waals surface area contributed by atoms with E-state index in [9.17, 15) is 10.0 Å². The van der Waals surface area contributed by atoms with E-state index >= 15 is 0 Å². The molecule has 6 nitrogen and oxygen atoms in total. The number of amidine groups is 1. The summed E-state index contributed by atoms with van der Waals surface area (Å²) in [6.45, 7) is 0.673. The van der Waals surface area contributed by atoms with Gasteiger partial charge in [0.1, 0.15) is 0 Å². The van der Waals surface area contributed by atoms with Crippen molar-refractivity contribution in [3.8, 4) is 0 Å². The highest BCUT2D eigenvalue weighted by atomic mass is 32.2. The summed E-state index contributed by atoms with van der Waals surface area (Å²) in [5, 5.41) is 15.8. The van der Waals surface area contributed by atoms with E-state index in [0.717, 1.165) is 5.75 Å². The Labute approximate surface area is 115 Å². The summed E-state index contributed by atoms with van der Waals surface area (Å²) in [6.07, 6.45) is 0. The third kappa shape index (κ3) is 2.26. The molecule has 19 heavy (non-hydrogen) atoms. The van der Waals surface area contributed by atoms with Gasteiger partial charge in [0.2, 0.25) is 0 Å². The average Bonchev–Trinajstić information content (AvgIpc) is 2.94. The monoisotopic (exact) mass is 281 g/mol. The lowest BCUT2D eigenvalue weighted by Gasteiger charge is -2.32. The number of carbonyl (C=O) groups is 1. The molecule has 1 aromatic rings. The van der Waals surface area contributed by atoms with Crippen LogP contribution in [0.1, 0.15) is 5.56 Å². The standard InChI is InChI=1S/C12H15N3O3S/c1-18-12(10(13)16,9-5-3-2-4-6-9)15(17)11-14-7-8-19-11/h2-6,14H,7-8H2,1H3,(H2,13,16)/b15-11+. The van der Waals surface area contributed by atoms with Crippen LogP contribution < -0.4 is 11.1 Å². The Kier molecular flexibility index (Phi) is 3.96. The number of hydroxylamine groups is 1. The van der Waals surface area contributed by atoms with Crippen molar-refractivity contribution >= 4 is 22.8 Å². The van der Waals surface area contributed by atoms with Crippen LogP contribution in [0.25, 0.3) is 0 Å². The zero-order chi connectivity index (χ0) is 13.9. The lowest BCUT2D eigenvalue weighted by Crippen LogP contribution is -2.52. The van der Waals surface area contributed by atoms with Crippen molar-refractivity contribution in [2.45, 2.75) is 5.72 Å². The fraction of sp³-hybridized carbons (Fsp3) is 0.333. The van der Waals surface area contributed by atoms with E-state index in [0.29, 0.717) is 22.0 Å². The minimum Gasteiger partial charge on any atom is -0.712 e. The van der Waals surface area contributed by atoms with Crippen LogP contribution >= 0.6 is 11.8 Å². The summed E-state index contributed by atoms with van der Waals surface area (Å²) in [4.78, 5) is 11.9. The van der Waals surface area contributed by atoms with Crippen LogP contribution in [0.3, 0.4) is 0 Å². The van der Waals surface area contributed by atoms with Gasteiger partial charge in [-0.2, -0.15) is 0 Å². The number of rotatable bonds is 4. The quantitative estimate of drug-likeness (QED) is 0.355. The second kappa shape index (κ2) is 5.50. The Hall–Kier alpha value is -1.73. The zero-order valence-electron chi connectivity index (χ0n) is 10.5. The fourth-order valence-electron chi connectivity index (χ4n) is 1.96. The average molecular weight is 281 g/mol. The molecule has 1 heterocycles. The number of carbonyl (C=O) groups excluding carboxylic acids is 1. The third-order valence-electron chi connectivity index (χ3n) is 2.88. The number of benzene rings is 1. The molecule has 0 spiro atoms. The van der Waals surface area contributed by atoms with E-state index < -0.39 is 11.6 Å². The van der Waals surface area contributed by atoms with Gasteiger partial charge in [0.25, 0.3) is 5.91 Å². The minimum absolute atomic E-state index is 0.338. The molecule has 1 aliphatic rings. The van der Waals surface area contributed by atoms with Crippen molar-refractivity contribution in [1.82, 2.24) is 5.32 Å². The molecule has 3 N–H and O–H groups in total. The molecule has 0 aromatic heterocycles. The largest absolute Gasteiger partial charge is 0.712 e. The number of hydrogen-bond acceptors (Lipinski definition) is 4.